The lowest BCUT2D eigenvalue weighted by Gasteiger charge is -2.32. The van der Waals surface area contributed by atoms with Gasteiger partial charge in [0.1, 0.15) is 16.5 Å². The highest BCUT2D eigenvalue weighted by atomic mass is 32.1. The van der Waals surface area contributed by atoms with E-state index in [1.54, 1.807) is 7.11 Å². The molecule has 2 aromatic rings. The Balaban J connectivity index is 1.36. The number of piperidine rings is 1. The third-order valence-corrected chi connectivity index (χ3v) is 6.50. The van der Waals surface area contributed by atoms with Crippen LogP contribution >= 0.6 is 11.3 Å². The van der Waals surface area contributed by atoms with Gasteiger partial charge in [-0.05, 0) is 49.9 Å². The number of amides is 2. The van der Waals surface area contributed by atoms with Gasteiger partial charge in [-0.2, -0.15) is 0 Å². The molecule has 0 unspecified atom stereocenters. The first-order valence-corrected chi connectivity index (χ1v) is 10.7. The molecule has 7 heteroatoms. The number of ether oxygens (including phenoxy) is 1. The largest absolute Gasteiger partial charge is 0.497 e. The maximum absolute atomic E-state index is 12.8. The minimum atomic E-state index is -0.0388. The van der Waals surface area contributed by atoms with E-state index in [9.17, 15) is 9.59 Å². The minimum Gasteiger partial charge on any atom is -0.497 e. The molecule has 0 N–H and O–H groups in total. The Bertz CT molecular complexity index is 835. The summed E-state index contributed by atoms with van der Waals surface area (Å²) in [6, 6.07) is 7.67. The average Bonchev–Trinajstić information content (AvgIpc) is 3.45. The lowest BCUT2D eigenvalue weighted by molar-refractivity contribution is -0.135. The maximum atomic E-state index is 12.8. The van der Waals surface area contributed by atoms with Gasteiger partial charge < -0.3 is 14.5 Å². The van der Waals surface area contributed by atoms with Gasteiger partial charge in [-0.15, -0.1) is 11.3 Å². The number of thiazole rings is 1. The van der Waals surface area contributed by atoms with Crippen LogP contribution in [0.2, 0.25) is 0 Å². The van der Waals surface area contributed by atoms with Gasteiger partial charge in [0.05, 0.1) is 7.11 Å². The van der Waals surface area contributed by atoms with E-state index in [0.29, 0.717) is 18.8 Å². The monoisotopic (exact) mass is 399 g/mol. The number of carbonyl (C=O) groups is 2. The van der Waals surface area contributed by atoms with E-state index >= 15 is 0 Å². The van der Waals surface area contributed by atoms with Crippen molar-refractivity contribution >= 4 is 23.2 Å². The molecule has 0 saturated carbocycles. The zero-order valence-electron chi connectivity index (χ0n) is 16.1. The minimum absolute atomic E-state index is 0.0388. The zero-order chi connectivity index (χ0) is 19.5. The first-order valence-electron chi connectivity index (χ1n) is 9.83. The fourth-order valence-electron chi connectivity index (χ4n) is 3.93. The van der Waals surface area contributed by atoms with E-state index in [1.165, 1.54) is 11.3 Å². The van der Waals surface area contributed by atoms with Gasteiger partial charge in [0.25, 0.3) is 5.91 Å². The van der Waals surface area contributed by atoms with E-state index < -0.39 is 0 Å². The smallest absolute Gasteiger partial charge is 0.273 e. The Hall–Kier alpha value is -2.41. The first-order chi connectivity index (χ1) is 13.7. The van der Waals surface area contributed by atoms with E-state index in [4.69, 9.17) is 4.74 Å². The molecule has 2 saturated heterocycles. The van der Waals surface area contributed by atoms with E-state index in [0.717, 1.165) is 55.1 Å². The van der Waals surface area contributed by atoms with Crippen LogP contribution in [0.1, 0.15) is 36.2 Å². The molecule has 0 aliphatic carbocycles. The molecule has 4 rings (SSSR count). The van der Waals surface area contributed by atoms with Crippen molar-refractivity contribution in [2.45, 2.75) is 25.7 Å². The second-order valence-electron chi connectivity index (χ2n) is 7.37. The highest BCUT2D eigenvalue weighted by Crippen LogP contribution is 2.27. The summed E-state index contributed by atoms with van der Waals surface area (Å²) in [4.78, 5) is 33.8. The molecule has 1 aromatic carbocycles. The SMILES string of the molecule is COc1ccc(-c2nc(C(=O)N3CCC(C(=O)N4CCCC4)CC3)cs2)cc1. The van der Waals surface area contributed by atoms with E-state index in [2.05, 4.69) is 4.98 Å². The van der Waals surface area contributed by atoms with E-state index in [-0.39, 0.29) is 17.7 Å². The van der Waals surface area contributed by atoms with Crippen molar-refractivity contribution in [3.05, 3.63) is 35.3 Å². The van der Waals surface area contributed by atoms with Gasteiger partial charge in [0.15, 0.2) is 0 Å². The number of benzene rings is 1. The summed E-state index contributed by atoms with van der Waals surface area (Å²) in [5, 5.41) is 2.65. The Kier molecular flexibility index (Phi) is 5.62. The summed E-state index contributed by atoms with van der Waals surface area (Å²) in [5.41, 5.74) is 1.46. The molecule has 148 valence electrons. The van der Waals surface area contributed by atoms with Gasteiger partial charge in [-0.25, -0.2) is 4.98 Å². The molecule has 0 spiro atoms. The van der Waals surface area contributed by atoms with Crippen molar-refractivity contribution in [3.63, 3.8) is 0 Å². The summed E-state index contributed by atoms with van der Waals surface area (Å²) in [6.07, 6.45) is 3.72. The fourth-order valence-corrected chi connectivity index (χ4v) is 4.73. The van der Waals surface area contributed by atoms with Crippen LogP contribution in [0.4, 0.5) is 0 Å². The highest BCUT2D eigenvalue weighted by Gasteiger charge is 2.32. The van der Waals surface area contributed by atoms with Crippen LogP contribution in [0.5, 0.6) is 5.75 Å². The normalized spacial score (nSPS) is 17.8. The summed E-state index contributed by atoms with van der Waals surface area (Å²) in [6.45, 7) is 3.03. The number of nitrogens with zero attached hydrogens (tertiary/aromatic N) is 3. The predicted molar refractivity (Wildman–Crippen MR) is 109 cm³/mol. The topological polar surface area (TPSA) is 62.7 Å². The maximum Gasteiger partial charge on any atom is 0.273 e. The molecule has 2 fully saturated rings. The molecule has 0 bridgehead atoms. The van der Waals surface area contributed by atoms with Crippen molar-refractivity contribution in [1.82, 2.24) is 14.8 Å². The molecule has 6 nitrogen and oxygen atoms in total. The number of hydrogen-bond donors (Lipinski definition) is 0. The number of aromatic nitrogens is 1. The fraction of sp³-hybridized carbons (Fsp3) is 0.476. The molecule has 3 heterocycles. The van der Waals surface area contributed by atoms with Gasteiger partial charge in [-0.1, -0.05) is 0 Å². The van der Waals surface area contributed by atoms with Crippen molar-refractivity contribution in [3.8, 4) is 16.3 Å². The first kappa shape index (κ1) is 18.9. The highest BCUT2D eigenvalue weighted by molar-refractivity contribution is 7.13. The van der Waals surface area contributed by atoms with Crippen molar-refractivity contribution < 1.29 is 14.3 Å². The number of rotatable bonds is 4. The second-order valence-corrected chi connectivity index (χ2v) is 8.22. The Morgan fingerprint density at radius 1 is 1.04 bits per heavy atom. The summed E-state index contributed by atoms with van der Waals surface area (Å²) in [5.74, 6) is 1.10. The number of likely N-dealkylation sites (tertiary alicyclic amines) is 2. The van der Waals surface area contributed by atoms with Crippen molar-refractivity contribution in [2.24, 2.45) is 5.92 Å². The Morgan fingerprint density at radius 2 is 1.71 bits per heavy atom. The van der Waals surface area contributed by atoms with Crippen molar-refractivity contribution in [2.75, 3.05) is 33.3 Å². The van der Waals surface area contributed by atoms with Crippen LogP contribution < -0.4 is 4.74 Å². The van der Waals surface area contributed by atoms with Crippen LogP contribution in [0.25, 0.3) is 10.6 Å². The summed E-state index contributed by atoms with van der Waals surface area (Å²) >= 11 is 1.47. The standard InChI is InChI=1S/C21H25N3O3S/c1-27-17-6-4-15(5-7-17)19-22-18(14-28-19)21(26)24-12-8-16(9-13-24)20(25)23-10-2-3-11-23/h4-7,14,16H,2-3,8-13H2,1H3. The van der Waals surface area contributed by atoms with Crippen molar-refractivity contribution in [1.29, 1.82) is 0 Å². The third kappa shape index (κ3) is 3.90. The van der Waals surface area contributed by atoms with Gasteiger partial charge >= 0.3 is 0 Å². The molecular weight excluding hydrogens is 374 g/mol. The van der Waals surface area contributed by atoms with Crippen LogP contribution in [0.15, 0.2) is 29.6 Å². The van der Waals surface area contributed by atoms with Gasteiger partial charge in [0, 0.05) is 43.0 Å². The molecule has 1 aromatic heterocycles. The number of hydrogen-bond acceptors (Lipinski definition) is 5. The number of methoxy groups -OCH3 is 1. The molecule has 0 atom stereocenters. The molecule has 28 heavy (non-hydrogen) atoms. The Morgan fingerprint density at radius 3 is 2.36 bits per heavy atom. The molecule has 2 aliphatic heterocycles. The average molecular weight is 400 g/mol. The third-order valence-electron chi connectivity index (χ3n) is 5.61. The lowest BCUT2D eigenvalue weighted by atomic mass is 9.95. The quantitative estimate of drug-likeness (QED) is 0.791. The lowest BCUT2D eigenvalue weighted by Crippen LogP contribution is -2.43. The summed E-state index contributed by atoms with van der Waals surface area (Å²) in [7, 11) is 1.64. The molecule has 2 aliphatic rings. The molecular formula is C21H25N3O3S. The molecule has 0 radical (unpaired) electrons. The summed E-state index contributed by atoms with van der Waals surface area (Å²) < 4.78 is 5.18. The van der Waals surface area contributed by atoms with Crippen LogP contribution in [-0.2, 0) is 4.79 Å². The zero-order valence-corrected chi connectivity index (χ0v) is 16.9. The van der Waals surface area contributed by atoms with Gasteiger partial charge in [0.2, 0.25) is 5.91 Å². The number of carbonyl (C=O) groups excluding carboxylic acids is 2. The van der Waals surface area contributed by atoms with Crippen LogP contribution in [-0.4, -0.2) is 59.9 Å². The van der Waals surface area contributed by atoms with E-state index in [1.807, 2.05) is 39.4 Å². The van der Waals surface area contributed by atoms with Crippen LogP contribution in [0.3, 0.4) is 0 Å². The second kappa shape index (κ2) is 8.31. The predicted octanol–water partition coefficient (Wildman–Crippen LogP) is 3.29. The van der Waals surface area contributed by atoms with Gasteiger partial charge in [-0.3, -0.25) is 9.59 Å². The van der Waals surface area contributed by atoms with Crippen LogP contribution in [0, 0.1) is 5.92 Å². The molecule has 2 amide bonds. The Labute approximate surface area is 169 Å².